The molecule has 0 aromatic rings. The lowest BCUT2D eigenvalue weighted by Gasteiger charge is -2.11. The van der Waals surface area contributed by atoms with Crippen LogP contribution in [-0.4, -0.2) is 29.5 Å². The molecule has 0 radical (unpaired) electrons. The summed E-state index contributed by atoms with van der Waals surface area (Å²) in [6, 6.07) is 0. The Morgan fingerprint density at radius 2 is 1.82 bits per heavy atom. The maximum atomic E-state index is 10.4. The molecule has 0 spiro atoms. The van der Waals surface area contributed by atoms with Gasteiger partial charge in [-0.05, 0) is 0 Å². The Kier molecular flexibility index (Phi) is 4.76. The van der Waals surface area contributed by atoms with Crippen molar-refractivity contribution in [3.63, 3.8) is 0 Å². The third-order valence-corrected chi connectivity index (χ3v) is 2.47. The highest BCUT2D eigenvalue weighted by Crippen LogP contribution is 2.01. The fourth-order valence-electron chi connectivity index (χ4n) is 0.592. The van der Waals surface area contributed by atoms with E-state index in [9.17, 15) is 4.79 Å². The van der Waals surface area contributed by atoms with E-state index in [1.807, 2.05) is 0 Å². The van der Waals surface area contributed by atoms with Gasteiger partial charge in [-0.1, -0.05) is 6.58 Å². The number of esters is 1. The first kappa shape index (κ1) is 10.3. The lowest BCUT2D eigenvalue weighted by Crippen LogP contribution is -2.24. The van der Waals surface area contributed by atoms with Crippen LogP contribution in [0.1, 0.15) is 6.92 Å². The normalized spacial score (nSPS) is 9.82. The number of hydrogen-bond acceptors (Lipinski definition) is 4. The van der Waals surface area contributed by atoms with Crippen molar-refractivity contribution in [3.05, 3.63) is 12.0 Å². The molecule has 0 fully saturated rings. The molecule has 5 heteroatoms. The maximum absolute atomic E-state index is 10.4. The molecule has 0 amide bonds. The second kappa shape index (κ2) is 5.06. The van der Waals surface area contributed by atoms with Gasteiger partial charge in [0.1, 0.15) is 5.38 Å². The SMILES string of the molecule is C=C(OC(C)=O)[SiH](OC)OC. The van der Waals surface area contributed by atoms with Crippen LogP contribution in [0, 0.1) is 0 Å². The van der Waals surface area contributed by atoms with Gasteiger partial charge >= 0.3 is 15.3 Å². The Bertz CT molecular complexity index is 153. The second-order valence-electron chi connectivity index (χ2n) is 1.86. The minimum atomic E-state index is -1.98. The number of carbonyl (C=O) groups is 1. The minimum Gasteiger partial charge on any atom is -0.432 e. The zero-order valence-corrected chi connectivity index (χ0v) is 8.07. The molecule has 11 heavy (non-hydrogen) atoms. The van der Waals surface area contributed by atoms with Gasteiger partial charge in [0, 0.05) is 21.1 Å². The van der Waals surface area contributed by atoms with E-state index < -0.39 is 15.3 Å². The lowest BCUT2D eigenvalue weighted by atomic mass is 10.8. The van der Waals surface area contributed by atoms with Crippen LogP contribution < -0.4 is 0 Å². The van der Waals surface area contributed by atoms with Crippen LogP contribution >= 0.6 is 0 Å². The summed E-state index contributed by atoms with van der Waals surface area (Å²) in [7, 11) is 1.01. The topological polar surface area (TPSA) is 44.8 Å². The zero-order chi connectivity index (χ0) is 8.85. The second-order valence-corrected chi connectivity index (χ2v) is 4.11. The number of ether oxygens (including phenoxy) is 1. The molecule has 0 bridgehead atoms. The van der Waals surface area contributed by atoms with E-state index in [0.29, 0.717) is 5.38 Å². The van der Waals surface area contributed by atoms with Crippen molar-refractivity contribution in [1.29, 1.82) is 0 Å². The molecule has 64 valence electrons. The Balaban J connectivity index is 3.89. The average Bonchev–Trinajstić information content (AvgIpc) is 1.88. The van der Waals surface area contributed by atoms with Crippen LogP contribution in [0.2, 0.25) is 0 Å². The third kappa shape index (κ3) is 3.92. The molecule has 0 aliphatic rings. The highest BCUT2D eigenvalue weighted by atomic mass is 28.3. The average molecular weight is 176 g/mol. The van der Waals surface area contributed by atoms with Gasteiger partial charge in [0.05, 0.1) is 0 Å². The summed E-state index contributed by atoms with van der Waals surface area (Å²) in [6.45, 7) is 4.81. The van der Waals surface area contributed by atoms with Crippen LogP contribution in [0.5, 0.6) is 0 Å². The summed E-state index contributed by atoms with van der Waals surface area (Å²) in [5.41, 5.74) is 0. The lowest BCUT2D eigenvalue weighted by molar-refractivity contribution is -0.136. The molecule has 0 rings (SSSR count). The van der Waals surface area contributed by atoms with Crippen molar-refractivity contribution in [2.24, 2.45) is 0 Å². The monoisotopic (exact) mass is 176 g/mol. The molecule has 0 aliphatic carbocycles. The van der Waals surface area contributed by atoms with Crippen LogP contribution in [0.25, 0.3) is 0 Å². The van der Waals surface area contributed by atoms with Crippen molar-refractivity contribution in [2.75, 3.05) is 14.2 Å². The van der Waals surface area contributed by atoms with Crippen LogP contribution in [0.4, 0.5) is 0 Å². The Morgan fingerprint density at radius 1 is 1.36 bits per heavy atom. The summed E-state index contributed by atoms with van der Waals surface area (Å²) in [5, 5.41) is 0.294. The van der Waals surface area contributed by atoms with Crippen molar-refractivity contribution in [2.45, 2.75) is 6.92 Å². The van der Waals surface area contributed by atoms with Crippen LogP contribution in [-0.2, 0) is 18.4 Å². The molecule has 0 atom stereocenters. The maximum Gasteiger partial charge on any atom is 0.391 e. The van der Waals surface area contributed by atoms with Gasteiger partial charge in [-0.2, -0.15) is 0 Å². The van der Waals surface area contributed by atoms with E-state index in [0.717, 1.165) is 0 Å². The number of hydrogen-bond donors (Lipinski definition) is 0. The van der Waals surface area contributed by atoms with Gasteiger partial charge in [0.2, 0.25) is 0 Å². The Morgan fingerprint density at radius 3 is 2.09 bits per heavy atom. The molecular weight excluding hydrogens is 164 g/mol. The van der Waals surface area contributed by atoms with Crippen LogP contribution in [0.3, 0.4) is 0 Å². The molecule has 0 saturated carbocycles. The summed E-state index contributed by atoms with van der Waals surface area (Å²) < 4.78 is 14.5. The summed E-state index contributed by atoms with van der Waals surface area (Å²) in [6.07, 6.45) is 0. The predicted octanol–water partition coefficient (Wildman–Crippen LogP) is 0.116. The van der Waals surface area contributed by atoms with Crippen LogP contribution in [0.15, 0.2) is 12.0 Å². The largest absolute Gasteiger partial charge is 0.432 e. The van der Waals surface area contributed by atoms with Crippen molar-refractivity contribution in [3.8, 4) is 0 Å². The number of rotatable bonds is 4. The molecule has 0 heterocycles. The fraction of sp³-hybridized carbons (Fsp3) is 0.500. The van der Waals surface area contributed by atoms with E-state index in [-0.39, 0.29) is 0 Å². The first-order chi connectivity index (χ1) is 5.11. The molecule has 0 aliphatic heterocycles. The van der Waals surface area contributed by atoms with Gasteiger partial charge in [0.15, 0.2) is 0 Å². The Hall–Kier alpha value is -0.653. The predicted molar refractivity (Wildman–Crippen MR) is 42.1 cm³/mol. The molecule has 0 aromatic heterocycles. The number of carbonyl (C=O) groups excluding carboxylic acids is 1. The summed E-state index contributed by atoms with van der Waals surface area (Å²) in [4.78, 5) is 10.4. The summed E-state index contributed by atoms with van der Waals surface area (Å²) in [5.74, 6) is -0.401. The first-order valence-electron chi connectivity index (χ1n) is 3.04. The molecule has 0 unspecified atom stereocenters. The van der Waals surface area contributed by atoms with Gasteiger partial charge in [-0.25, -0.2) is 0 Å². The van der Waals surface area contributed by atoms with Gasteiger partial charge in [0.25, 0.3) is 0 Å². The van der Waals surface area contributed by atoms with Crippen molar-refractivity contribution < 1.29 is 18.4 Å². The molecule has 4 nitrogen and oxygen atoms in total. The molecule has 0 aromatic carbocycles. The van der Waals surface area contributed by atoms with E-state index >= 15 is 0 Å². The molecular formula is C6H12O4Si. The van der Waals surface area contributed by atoms with Gasteiger partial charge < -0.3 is 13.6 Å². The zero-order valence-electron chi connectivity index (χ0n) is 6.92. The highest BCUT2D eigenvalue weighted by molar-refractivity contribution is 6.52. The standard InChI is InChI=1S/C6H12O4Si/c1-5(7)10-6(2)11(8-3)9-4/h11H,2H2,1,3-4H3. The molecule has 0 saturated heterocycles. The highest BCUT2D eigenvalue weighted by Gasteiger charge is 2.17. The van der Waals surface area contributed by atoms with Crippen molar-refractivity contribution in [1.82, 2.24) is 0 Å². The smallest absolute Gasteiger partial charge is 0.391 e. The summed E-state index contributed by atoms with van der Waals surface area (Å²) >= 11 is 0. The van der Waals surface area contributed by atoms with E-state index in [1.165, 1.54) is 21.1 Å². The minimum absolute atomic E-state index is 0.294. The first-order valence-corrected chi connectivity index (χ1v) is 4.56. The van der Waals surface area contributed by atoms with Gasteiger partial charge in [-0.15, -0.1) is 0 Å². The van der Waals surface area contributed by atoms with E-state index in [1.54, 1.807) is 0 Å². The van der Waals surface area contributed by atoms with Gasteiger partial charge in [-0.3, -0.25) is 4.79 Å². The Labute approximate surface area is 67.6 Å². The van der Waals surface area contributed by atoms with Crippen molar-refractivity contribution >= 4 is 15.3 Å². The molecule has 0 N–H and O–H groups in total. The quantitative estimate of drug-likeness (QED) is 0.346. The third-order valence-electron chi connectivity index (χ3n) is 0.966. The fourth-order valence-corrected chi connectivity index (χ4v) is 1.57. The van der Waals surface area contributed by atoms with E-state index in [4.69, 9.17) is 8.85 Å². The van der Waals surface area contributed by atoms with E-state index in [2.05, 4.69) is 11.3 Å².